The number of carbonyl (C=O) groups excluding carboxylic acids is 1. The summed E-state index contributed by atoms with van der Waals surface area (Å²) < 4.78 is 28.8. The molecular weight excluding hydrogens is 376 g/mol. The van der Waals surface area contributed by atoms with E-state index >= 15 is 0 Å². The van der Waals surface area contributed by atoms with E-state index in [-0.39, 0.29) is 22.7 Å². The van der Waals surface area contributed by atoms with Crippen LogP contribution < -0.4 is 20.9 Å². The average molecular weight is 399 g/mol. The van der Waals surface area contributed by atoms with E-state index < -0.39 is 15.9 Å². The third-order valence-corrected chi connectivity index (χ3v) is 6.32. The van der Waals surface area contributed by atoms with Crippen LogP contribution in [0.5, 0.6) is 0 Å². The Morgan fingerprint density at radius 3 is 2.62 bits per heavy atom. The van der Waals surface area contributed by atoms with Crippen LogP contribution in [0.1, 0.15) is 6.42 Å². The standard InChI is InChI=1S/C16H22N4O4S2/c17-15(25)18-10-14-11-20(16(21)24-14)13-4-2-12(3-5-13)19-6-1-8-26(22,23)9-7-19/h2-5,14H,1,6-11H2,(H3,17,18,25)/t14-/m0/s1. The summed E-state index contributed by atoms with van der Waals surface area (Å²) in [5, 5.41) is 2.96. The zero-order valence-electron chi connectivity index (χ0n) is 14.3. The first-order valence-electron chi connectivity index (χ1n) is 8.41. The minimum atomic E-state index is -2.94. The Bertz CT molecular complexity index is 782. The molecule has 142 valence electrons. The fourth-order valence-electron chi connectivity index (χ4n) is 3.09. The molecule has 2 fully saturated rings. The Morgan fingerprint density at radius 1 is 1.23 bits per heavy atom. The van der Waals surface area contributed by atoms with E-state index in [1.807, 2.05) is 24.3 Å². The SMILES string of the molecule is NC(=S)NC[C@H]1CN(c2ccc(N3CCCS(=O)(=O)CC3)cc2)C(=O)O1. The molecule has 0 unspecified atom stereocenters. The molecule has 0 aromatic heterocycles. The maximum absolute atomic E-state index is 12.1. The predicted octanol–water partition coefficient (Wildman–Crippen LogP) is 0.470. The molecule has 0 radical (unpaired) electrons. The van der Waals surface area contributed by atoms with E-state index in [0.29, 0.717) is 32.6 Å². The zero-order valence-corrected chi connectivity index (χ0v) is 15.9. The molecule has 0 spiro atoms. The van der Waals surface area contributed by atoms with E-state index in [1.54, 1.807) is 4.90 Å². The van der Waals surface area contributed by atoms with Crippen LogP contribution in [0.4, 0.5) is 16.2 Å². The van der Waals surface area contributed by atoms with Crippen molar-refractivity contribution in [3.63, 3.8) is 0 Å². The Labute approximate surface area is 158 Å². The van der Waals surface area contributed by atoms with Gasteiger partial charge in [0.2, 0.25) is 0 Å². The predicted molar refractivity (Wildman–Crippen MR) is 104 cm³/mol. The van der Waals surface area contributed by atoms with Crippen LogP contribution in [0.15, 0.2) is 24.3 Å². The van der Waals surface area contributed by atoms with Gasteiger partial charge in [0.15, 0.2) is 14.9 Å². The molecule has 2 aliphatic heterocycles. The number of rotatable bonds is 4. The maximum atomic E-state index is 12.1. The lowest BCUT2D eigenvalue weighted by molar-refractivity contribution is 0.143. The largest absolute Gasteiger partial charge is 0.442 e. The number of thiocarbonyl (C=S) groups is 1. The molecule has 1 amide bonds. The molecule has 1 atom stereocenters. The van der Waals surface area contributed by atoms with Gasteiger partial charge in [-0.15, -0.1) is 0 Å². The molecule has 3 rings (SSSR count). The van der Waals surface area contributed by atoms with Crippen molar-refractivity contribution in [1.82, 2.24) is 5.32 Å². The summed E-state index contributed by atoms with van der Waals surface area (Å²) in [7, 11) is -2.94. The quantitative estimate of drug-likeness (QED) is 0.706. The van der Waals surface area contributed by atoms with E-state index in [9.17, 15) is 13.2 Å². The summed E-state index contributed by atoms with van der Waals surface area (Å²) in [6, 6.07) is 7.50. The fraction of sp³-hybridized carbons (Fsp3) is 0.500. The second-order valence-electron chi connectivity index (χ2n) is 6.37. The molecule has 0 bridgehead atoms. The van der Waals surface area contributed by atoms with Crippen molar-refractivity contribution in [2.24, 2.45) is 5.73 Å². The van der Waals surface area contributed by atoms with Crippen LogP contribution in [0.3, 0.4) is 0 Å². The summed E-state index contributed by atoms with van der Waals surface area (Å²) in [5.74, 6) is 0.410. The molecule has 0 aliphatic carbocycles. The molecule has 10 heteroatoms. The first-order chi connectivity index (χ1) is 12.3. The number of hydrogen-bond donors (Lipinski definition) is 2. The van der Waals surface area contributed by atoms with Gasteiger partial charge < -0.3 is 20.7 Å². The molecule has 2 heterocycles. The third-order valence-electron chi connectivity index (χ3n) is 4.46. The highest BCUT2D eigenvalue weighted by Gasteiger charge is 2.32. The summed E-state index contributed by atoms with van der Waals surface area (Å²) in [5.41, 5.74) is 7.07. The molecule has 2 aliphatic rings. The van der Waals surface area contributed by atoms with Gasteiger partial charge in [-0.2, -0.15) is 0 Å². The van der Waals surface area contributed by atoms with Crippen molar-refractivity contribution in [3.8, 4) is 0 Å². The van der Waals surface area contributed by atoms with Gasteiger partial charge in [-0.25, -0.2) is 13.2 Å². The average Bonchev–Trinajstić information content (AvgIpc) is 2.86. The monoisotopic (exact) mass is 398 g/mol. The van der Waals surface area contributed by atoms with Crippen LogP contribution in [-0.4, -0.2) is 63.4 Å². The van der Waals surface area contributed by atoms with Crippen molar-refractivity contribution in [2.45, 2.75) is 12.5 Å². The van der Waals surface area contributed by atoms with Crippen molar-refractivity contribution in [1.29, 1.82) is 0 Å². The van der Waals surface area contributed by atoms with Crippen LogP contribution in [0.25, 0.3) is 0 Å². The smallest absolute Gasteiger partial charge is 0.414 e. The zero-order chi connectivity index (χ0) is 18.7. The number of cyclic esters (lactones) is 1. The Balaban J connectivity index is 1.64. The molecule has 26 heavy (non-hydrogen) atoms. The number of amides is 1. The van der Waals surface area contributed by atoms with Gasteiger partial charge in [0.25, 0.3) is 0 Å². The molecule has 3 N–H and O–H groups in total. The second-order valence-corrected chi connectivity index (χ2v) is 9.11. The maximum Gasteiger partial charge on any atom is 0.414 e. The summed E-state index contributed by atoms with van der Waals surface area (Å²) >= 11 is 4.75. The number of carbonyl (C=O) groups is 1. The number of sulfone groups is 1. The molecule has 2 saturated heterocycles. The van der Waals surface area contributed by atoms with Gasteiger partial charge in [0, 0.05) is 24.5 Å². The van der Waals surface area contributed by atoms with Gasteiger partial charge in [0.1, 0.15) is 6.10 Å². The lowest BCUT2D eigenvalue weighted by Gasteiger charge is -2.23. The molecular formula is C16H22N4O4S2. The van der Waals surface area contributed by atoms with E-state index in [2.05, 4.69) is 10.2 Å². The van der Waals surface area contributed by atoms with Crippen LogP contribution in [0, 0.1) is 0 Å². The lowest BCUT2D eigenvalue weighted by atomic mass is 10.2. The van der Waals surface area contributed by atoms with Crippen molar-refractivity contribution >= 4 is 44.6 Å². The Hall–Kier alpha value is -2.07. The number of nitrogens with one attached hydrogen (secondary N) is 1. The molecule has 1 aromatic rings. The molecule has 8 nitrogen and oxygen atoms in total. The van der Waals surface area contributed by atoms with E-state index in [4.69, 9.17) is 22.7 Å². The van der Waals surface area contributed by atoms with Crippen molar-refractivity contribution < 1.29 is 17.9 Å². The fourth-order valence-corrected chi connectivity index (χ4v) is 4.45. The van der Waals surface area contributed by atoms with Crippen molar-refractivity contribution in [2.75, 3.05) is 47.5 Å². The normalized spacial score (nSPS) is 22.6. The Kier molecular flexibility index (Phi) is 5.52. The topological polar surface area (TPSA) is 105 Å². The number of nitrogens with zero attached hydrogens (tertiary/aromatic N) is 2. The third kappa shape index (κ3) is 4.55. The minimum absolute atomic E-state index is 0.170. The van der Waals surface area contributed by atoms with E-state index in [0.717, 1.165) is 11.4 Å². The van der Waals surface area contributed by atoms with Gasteiger partial charge in [-0.05, 0) is 42.9 Å². The number of benzene rings is 1. The summed E-state index contributed by atoms with van der Waals surface area (Å²) in [6.07, 6.45) is -0.104. The number of ether oxygens (including phenoxy) is 1. The minimum Gasteiger partial charge on any atom is -0.442 e. The summed E-state index contributed by atoms with van der Waals surface area (Å²) in [4.78, 5) is 15.7. The first-order valence-corrected chi connectivity index (χ1v) is 10.6. The van der Waals surface area contributed by atoms with Crippen LogP contribution in [-0.2, 0) is 14.6 Å². The number of hydrogen-bond acceptors (Lipinski definition) is 6. The highest BCUT2D eigenvalue weighted by atomic mass is 32.2. The number of nitrogens with two attached hydrogens (primary N) is 1. The van der Waals surface area contributed by atoms with Crippen molar-refractivity contribution in [3.05, 3.63) is 24.3 Å². The Morgan fingerprint density at radius 2 is 1.92 bits per heavy atom. The highest BCUT2D eigenvalue weighted by Crippen LogP contribution is 2.25. The second kappa shape index (κ2) is 7.67. The van der Waals surface area contributed by atoms with Gasteiger partial charge >= 0.3 is 6.09 Å². The van der Waals surface area contributed by atoms with Gasteiger partial charge in [0.05, 0.1) is 24.6 Å². The van der Waals surface area contributed by atoms with Gasteiger partial charge in [-0.1, -0.05) is 0 Å². The van der Waals surface area contributed by atoms with Gasteiger partial charge in [-0.3, -0.25) is 4.90 Å². The van der Waals surface area contributed by atoms with Crippen LogP contribution >= 0.6 is 12.2 Å². The van der Waals surface area contributed by atoms with Crippen LogP contribution in [0.2, 0.25) is 0 Å². The molecule has 1 aromatic carbocycles. The highest BCUT2D eigenvalue weighted by molar-refractivity contribution is 7.91. The first kappa shape index (κ1) is 18.7. The van der Waals surface area contributed by atoms with E-state index in [1.165, 1.54) is 0 Å². The summed E-state index contributed by atoms with van der Waals surface area (Å²) in [6.45, 7) is 1.98. The molecule has 0 saturated carbocycles. The lowest BCUT2D eigenvalue weighted by Crippen LogP contribution is -2.37. The number of anilines is 2.